The number of rotatable bonds is 5. The van der Waals surface area contributed by atoms with E-state index in [0.29, 0.717) is 11.3 Å². The van der Waals surface area contributed by atoms with Gasteiger partial charge in [0.15, 0.2) is 0 Å². The number of carbonyl (C=O) groups excluding carboxylic acids is 1. The number of piperidine rings is 1. The number of nitrogens with one attached hydrogen (secondary N) is 1. The van der Waals surface area contributed by atoms with Gasteiger partial charge in [-0.25, -0.2) is 4.79 Å². The minimum absolute atomic E-state index is 0. The molecule has 21 heavy (non-hydrogen) atoms. The molecule has 2 heterocycles. The fraction of sp³-hybridized carbons (Fsp3) is 0.667. The van der Waals surface area contributed by atoms with E-state index in [0.717, 1.165) is 37.9 Å². The first-order valence-corrected chi connectivity index (χ1v) is 7.17. The maximum atomic E-state index is 11.5. The van der Waals surface area contributed by atoms with Crippen LogP contribution in [0.4, 0.5) is 0 Å². The Morgan fingerprint density at radius 2 is 2.14 bits per heavy atom. The molecule has 1 saturated heterocycles. The van der Waals surface area contributed by atoms with Gasteiger partial charge in [0, 0.05) is 6.54 Å². The minimum atomic E-state index is -0.335. The first kappa shape index (κ1) is 18.0. The number of ether oxygens (including phenoxy) is 1. The zero-order valence-electron chi connectivity index (χ0n) is 13.0. The van der Waals surface area contributed by atoms with Crippen LogP contribution < -0.4 is 5.32 Å². The molecular formula is C15H25ClN2O3. The van der Waals surface area contributed by atoms with Crippen LogP contribution in [-0.4, -0.2) is 44.7 Å². The Kier molecular flexibility index (Phi) is 7.22. The summed E-state index contributed by atoms with van der Waals surface area (Å²) in [5.41, 5.74) is 0.526. The number of nitrogens with zero attached hydrogens (tertiary/aromatic N) is 1. The molecule has 1 aliphatic heterocycles. The van der Waals surface area contributed by atoms with E-state index in [1.54, 1.807) is 13.0 Å². The van der Waals surface area contributed by atoms with Gasteiger partial charge < -0.3 is 14.5 Å². The van der Waals surface area contributed by atoms with E-state index < -0.39 is 0 Å². The second kappa shape index (κ2) is 8.41. The van der Waals surface area contributed by atoms with Crippen molar-refractivity contribution in [3.8, 4) is 0 Å². The molecule has 0 aromatic carbocycles. The third-order valence-electron chi connectivity index (χ3n) is 3.83. The highest BCUT2D eigenvalue weighted by Gasteiger charge is 2.18. The Labute approximate surface area is 132 Å². The molecular weight excluding hydrogens is 292 g/mol. The van der Waals surface area contributed by atoms with Crippen molar-refractivity contribution in [2.75, 3.05) is 33.8 Å². The molecule has 0 aliphatic carbocycles. The quantitative estimate of drug-likeness (QED) is 0.844. The lowest BCUT2D eigenvalue weighted by atomic mass is 9.98. The van der Waals surface area contributed by atoms with Crippen molar-refractivity contribution in [3.63, 3.8) is 0 Å². The smallest absolute Gasteiger partial charge is 0.341 e. The van der Waals surface area contributed by atoms with Gasteiger partial charge in [0.2, 0.25) is 0 Å². The van der Waals surface area contributed by atoms with Gasteiger partial charge >= 0.3 is 5.97 Å². The van der Waals surface area contributed by atoms with Gasteiger partial charge in [-0.3, -0.25) is 4.90 Å². The summed E-state index contributed by atoms with van der Waals surface area (Å²) < 4.78 is 10.4. The van der Waals surface area contributed by atoms with Gasteiger partial charge in [-0.15, -0.1) is 12.4 Å². The van der Waals surface area contributed by atoms with Crippen molar-refractivity contribution in [2.45, 2.75) is 26.3 Å². The molecule has 120 valence electrons. The Balaban J connectivity index is 0.00000220. The maximum absolute atomic E-state index is 11.5. The Morgan fingerprint density at radius 3 is 2.76 bits per heavy atom. The lowest BCUT2D eigenvalue weighted by Crippen LogP contribution is -2.34. The van der Waals surface area contributed by atoms with E-state index in [-0.39, 0.29) is 18.4 Å². The number of methoxy groups -OCH3 is 1. The van der Waals surface area contributed by atoms with Crippen LogP contribution in [0, 0.1) is 12.8 Å². The van der Waals surface area contributed by atoms with E-state index in [4.69, 9.17) is 9.15 Å². The fourth-order valence-corrected chi connectivity index (χ4v) is 2.77. The Bertz CT molecular complexity index is 456. The zero-order chi connectivity index (χ0) is 14.5. The van der Waals surface area contributed by atoms with Gasteiger partial charge in [-0.05, 0) is 51.9 Å². The van der Waals surface area contributed by atoms with Crippen LogP contribution in [0.5, 0.6) is 0 Å². The van der Waals surface area contributed by atoms with E-state index >= 15 is 0 Å². The van der Waals surface area contributed by atoms with Crippen LogP contribution in [0.3, 0.4) is 0 Å². The monoisotopic (exact) mass is 316 g/mol. The summed E-state index contributed by atoms with van der Waals surface area (Å²) in [6.45, 7) is 5.81. The lowest BCUT2D eigenvalue weighted by molar-refractivity contribution is 0.0599. The summed E-state index contributed by atoms with van der Waals surface area (Å²) in [5, 5.41) is 3.38. The highest BCUT2D eigenvalue weighted by atomic mass is 35.5. The number of esters is 1. The third kappa shape index (κ3) is 5.02. The van der Waals surface area contributed by atoms with E-state index in [2.05, 4.69) is 17.3 Å². The first-order chi connectivity index (χ1) is 9.60. The molecule has 0 saturated carbocycles. The molecule has 1 aromatic rings. The van der Waals surface area contributed by atoms with Gasteiger partial charge in [0.25, 0.3) is 0 Å². The standard InChI is InChI=1S/C15H24N2O3.ClH/c1-11-14(15(18)19-3)8-13(20-11)10-17(2)9-12-4-6-16-7-5-12;/h8,12,16H,4-7,9-10H2,1-3H3;1H. The second-order valence-electron chi connectivity index (χ2n) is 5.56. The summed E-state index contributed by atoms with van der Waals surface area (Å²) in [6, 6.07) is 1.79. The molecule has 0 amide bonds. The van der Waals surface area contributed by atoms with E-state index in [1.807, 2.05) is 0 Å². The predicted molar refractivity (Wildman–Crippen MR) is 84.0 cm³/mol. The number of carbonyl (C=O) groups is 1. The summed E-state index contributed by atoms with van der Waals surface area (Å²) in [5.74, 6) is 1.86. The molecule has 0 spiro atoms. The van der Waals surface area contributed by atoms with Crippen molar-refractivity contribution in [3.05, 3.63) is 23.2 Å². The van der Waals surface area contributed by atoms with E-state index in [1.165, 1.54) is 20.0 Å². The number of hydrogen-bond acceptors (Lipinski definition) is 5. The second-order valence-corrected chi connectivity index (χ2v) is 5.56. The largest absolute Gasteiger partial charge is 0.465 e. The van der Waals surface area contributed by atoms with Gasteiger partial charge in [0.05, 0.1) is 13.7 Å². The van der Waals surface area contributed by atoms with Crippen LogP contribution >= 0.6 is 12.4 Å². The lowest BCUT2D eigenvalue weighted by Gasteiger charge is -2.27. The minimum Gasteiger partial charge on any atom is -0.465 e. The molecule has 6 heteroatoms. The van der Waals surface area contributed by atoms with Gasteiger partial charge in [-0.2, -0.15) is 0 Å². The first-order valence-electron chi connectivity index (χ1n) is 7.17. The van der Waals surface area contributed by atoms with Gasteiger partial charge in [-0.1, -0.05) is 0 Å². The van der Waals surface area contributed by atoms with Crippen LogP contribution in [-0.2, 0) is 11.3 Å². The topological polar surface area (TPSA) is 54.7 Å². The van der Waals surface area contributed by atoms with Crippen molar-refractivity contribution in [1.29, 1.82) is 0 Å². The van der Waals surface area contributed by atoms with E-state index in [9.17, 15) is 4.79 Å². The normalized spacial score (nSPS) is 15.8. The van der Waals surface area contributed by atoms with Crippen LogP contribution in [0.1, 0.15) is 34.7 Å². The average Bonchev–Trinajstić information content (AvgIpc) is 2.79. The van der Waals surface area contributed by atoms with Crippen molar-refractivity contribution in [1.82, 2.24) is 10.2 Å². The summed E-state index contributed by atoms with van der Waals surface area (Å²) in [6.07, 6.45) is 2.46. The average molecular weight is 317 g/mol. The SMILES string of the molecule is COC(=O)c1cc(CN(C)CC2CCNCC2)oc1C.Cl. The number of furan rings is 1. The molecule has 0 bridgehead atoms. The molecule has 1 aliphatic rings. The molecule has 0 radical (unpaired) electrons. The molecule has 0 atom stereocenters. The third-order valence-corrected chi connectivity index (χ3v) is 3.83. The Morgan fingerprint density at radius 1 is 1.48 bits per heavy atom. The number of halogens is 1. The van der Waals surface area contributed by atoms with Crippen molar-refractivity contribution >= 4 is 18.4 Å². The fourth-order valence-electron chi connectivity index (χ4n) is 2.77. The highest BCUT2D eigenvalue weighted by Crippen LogP contribution is 2.18. The molecule has 0 unspecified atom stereocenters. The molecule has 2 rings (SSSR count). The van der Waals surface area contributed by atoms with Crippen LogP contribution in [0.15, 0.2) is 10.5 Å². The van der Waals surface area contributed by atoms with Crippen LogP contribution in [0.2, 0.25) is 0 Å². The highest BCUT2D eigenvalue weighted by molar-refractivity contribution is 5.90. The van der Waals surface area contributed by atoms with Crippen molar-refractivity contribution in [2.24, 2.45) is 5.92 Å². The molecule has 1 fully saturated rings. The summed E-state index contributed by atoms with van der Waals surface area (Å²) >= 11 is 0. The Hall–Kier alpha value is -1.04. The number of hydrogen-bond donors (Lipinski definition) is 1. The summed E-state index contributed by atoms with van der Waals surface area (Å²) in [4.78, 5) is 13.8. The van der Waals surface area contributed by atoms with Crippen molar-refractivity contribution < 1.29 is 13.9 Å². The summed E-state index contributed by atoms with van der Waals surface area (Å²) in [7, 11) is 3.48. The molecule has 1 N–H and O–H groups in total. The zero-order valence-corrected chi connectivity index (χ0v) is 13.8. The van der Waals surface area contributed by atoms with Crippen LogP contribution in [0.25, 0.3) is 0 Å². The van der Waals surface area contributed by atoms with Gasteiger partial charge in [0.1, 0.15) is 17.1 Å². The number of aryl methyl sites for hydroxylation is 1. The molecule has 5 nitrogen and oxygen atoms in total. The molecule has 1 aromatic heterocycles. The maximum Gasteiger partial charge on any atom is 0.341 e. The predicted octanol–water partition coefficient (Wildman–Crippen LogP) is 2.23.